The first-order valence-corrected chi connectivity index (χ1v) is 5.63. The zero-order valence-corrected chi connectivity index (χ0v) is 8.95. The third kappa shape index (κ3) is 2.25. The van der Waals surface area contributed by atoms with Crippen LogP contribution in [0.3, 0.4) is 0 Å². The highest BCUT2D eigenvalue weighted by atomic mass is 35.5. The third-order valence-corrected chi connectivity index (χ3v) is 3.12. The molecule has 0 saturated carbocycles. The van der Waals surface area contributed by atoms with Gasteiger partial charge in [-0.1, -0.05) is 6.07 Å². The van der Waals surface area contributed by atoms with Crippen LogP contribution in [-0.4, -0.2) is 28.4 Å². The molecule has 1 saturated heterocycles. The molecule has 0 aromatic carbocycles. The summed E-state index contributed by atoms with van der Waals surface area (Å²) in [6.07, 6.45) is 4.35. The lowest BCUT2D eigenvalue weighted by atomic mass is 10.2. The summed E-state index contributed by atoms with van der Waals surface area (Å²) in [5.41, 5.74) is 1.14. The molecule has 0 aliphatic carbocycles. The highest BCUT2D eigenvalue weighted by Gasteiger charge is 2.23. The van der Waals surface area contributed by atoms with E-state index in [0.29, 0.717) is 6.04 Å². The van der Waals surface area contributed by atoms with Gasteiger partial charge in [0.2, 0.25) is 0 Å². The molecular weight excluding hydrogens is 196 g/mol. The van der Waals surface area contributed by atoms with Gasteiger partial charge in [0.25, 0.3) is 0 Å². The summed E-state index contributed by atoms with van der Waals surface area (Å²) in [6.45, 7) is 2.10. The zero-order chi connectivity index (χ0) is 9.80. The van der Waals surface area contributed by atoms with Crippen LogP contribution in [0.15, 0.2) is 24.4 Å². The summed E-state index contributed by atoms with van der Waals surface area (Å²) in [7, 11) is 0. The number of rotatable bonds is 3. The lowest BCUT2D eigenvalue weighted by Gasteiger charge is -2.21. The molecule has 0 spiro atoms. The minimum atomic E-state index is 0.554. The summed E-state index contributed by atoms with van der Waals surface area (Å²) in [5.74, 6) is 0.743. The second-order valence-electron chi connectivity index (χ2n) is 3.74. The van der Waals surface area contributed by atoms with Crippen molar-refractivity contribution in [1.29, 1.82) is 0 Å². The molecule has 76 valence electrons. The van der Waals surface area contributed by atoms with Gasteiger partial charge in [0.1, 0.15) is 0 Å². The molecule has 0 bridgehead atoms. The van der Waals surface area contributed by atoms with Gasteiger partial charge in [-0.3, -0.25) is 9.88 Å². The molecule has 0 amide bonds. The van der Waals surface area contributed by atoms with Crippen LogP contribution in [0.4, 0.5) is 0 Å². The summed E-state index contributed by atoms with van der Waals surface area (Å²) >= 11 is 5.91. The number of likely N-dealkylation sites (tertiary alicyclic amines) is 1. The number of hydrogen-bond donors (Lipinski definition) is 0. The van der Waals surface area contributed by atoms with Crippen LogP contribution in [0.25, 0.3) is 0 Å². The number of nitrogens with zero attached hydrogens (tertiary/aromatic N) is 2. The van der Waals surface area contributed by atoms with E-state index < -0.39 is 0 Å². The second kappa shape index (κ2) is 4.76. The van der Waals surface area contributed by atoms with Gasteiger partial charge in [0.15, 0.2) is 0 Å². The van der Waals surface area contributed by atoms with Crippen molar-refractivity contribution in [2.45, 2.75) is 25.4 Å². The number of hydrogen-bond acceptors (Lipinski definition) is 2. The Kier molecular flexibility index (Phi) is 3.38. The van der Waals surface area contributed by atoms with Crippen LogP contribution in [0.5, 0.6) is 0 Å². The first-order chi connectivity index (χ1) is 6.90. The zero-order valence-electron chi connectivity index (χ0n) is 8.19. The highest BCUT2D eigenvalue weighted by Crippen LogP contribution is 2.19. The molecule has 1 fully saturated rings. The molecule has 3 heteroatoms. The van der Waals surface area contributed by atoms with Gasteiger partial charge in [0, 0.05) is 24.7 Å². The van der Waals surface area contributed by atoms with Crippen molar-refractivity contribution in [3.8, 4) is 0 Å². The molecule has 0 radical (unpaired) electrons. The Morgan fingerprint density at radius 2 is 2.43 bits per heavy atom. The van der Waals surface area contributed by atoms with Crippen LogP contribution in [0.1, 0.15) is 18.5 Å². The molecule has 1 aromatic heterocycles. The van der Waals surface area contributed by atoms with Crippen molar-refractivity contribution in [3.05, 3.63) is 30.1 Å². The molecule has 1 aromatic rings. The quantitative estimate of drug-likeness (QED) is 0.712. The minimum absolute atomic E-state index is 0.554. The van der Waals surface area contributed by atoms with Gasteiger partial charge in [-0.05, 0) is 31.5 Å². The Hall–Kier alpha value is -0.600. The molecule has 2 nitrogen and oxygen atoms in total. The van der Waals surface area contributed by atoms with Crippen LogP contribution in [0, 0.1) is 0 Å². The van der Waals surface area contributed by atoms with Crippen LogP contribution in [-0.2, 0) is 6.54 Å². The van der Waals surface area contributed by atoms with Crippen molar-refractivity contribution in [2.75, 3.05) is 12.4 Å². The number of pyridine rings is 1. The average molecular weight is 211 g/mol. The van der Waals surface area contributed by atoms with Crippen molar-refractivity contribution < 1.29 is 0 Å². The summed E-state index contributed by atoms with van der Waals surface area (Å²) in [5, 5.41) is 0. The fraction of sp³-hybridized carbons (Fsp3) is 0.545. The smallest absolute Gasteiger partial charge is 0.0544 e. The van der Waals surface area contributed by atoms with Crippen molar-refractivity contribution in [2.24, 2.45) is 0 Å². The molecule has 1 aliphatic heterocycles. The van der Waals surface area contributed by atoms with E-state index in [1.165, 1.54) is 12.8 Å². The molecular formula is C11H15ClN2. The van der Waals surface area contributed by atoms with Gasteiger partial charge >= 0.3 is 0 Å². The Labute approximate surface area is 89.9 Å². The van der Waals surface area contributed by atoms with Crippen LogP contribution < -0.4 is 0 Å². The average Bonchev–Trinajstić information content (AvgIpc) is 2.67. The fourth-order valence-corrected chi connectivity index (χ4v) is 2.33. The Morgan fingerprint density at radius 3 is 3.14 bits per heavy atom. The van der Waals surface area contributed by atoms with E-state index in [-0.39, 0.29) is 0 Å². The van der Waals surface area contributed by atoms with Gasteiger partial charge in [-0.2, -0.15) is 0 Å². The number of alkyl halides is 1. The van der Waals surface area contributed by atoms with Gasteiger partial charge in [-0.15, -0.1) is 11.6 Å². The first-order valence-electron chi connectivity index (χ1n) is 5.10. The van der Waals surface area contributed by atoms with Gasteiger partial charge in [-0.25, -0.2) is 0 Å². The van der Waals surface area contributed by atoms with Crippen LogP contribution >= 0.6 is 11.6 Å². The standard InChI is InChI=1S/C11H15ClN2/c12-8-11-5-3-7-14(11)9-10-4-1-2-6-13-10/h1-2,4,6,11H,3,5,7-9H2. The Balaban J connectivity index is 1.97. The molecule has 2 rings (SSSR count). The molecule has 0 N–H and O–H groups in total. The second-order valence-corrected chi connectivity index (χ2v) is 4.05. The SMILES string of the molecule is ClCC1CCCN1Cc1ccccn1. The maximum absolute atomic E-state index is 5.91. The van der Waals surface area contributed by atoms with E-state index in [0.717, 1.165) is 24.7 Å². The van der Waals surface area contributed by atoms with Crippen LogP contribution in [0.2, 0.25) is 0 Å². The predicted octanol–water partition coefficient (Wildman–Crippen LogP) is 2.28. The highest BCUT2D eigenvalue weighted by molar-refractivity contribution is 6.18. The van der Waals surface area contributed by atoms with E-state index in [1.807, 2.05) is 18.3 Å². The fourth-order valence-electron chi connectivity index (χ4n) is 1.98. The lowest BCUT2D eigenvalue weighted by Crippen LogP contribution is -2.30. The van der Waals surface area contributed by atoms with Gasteiger partial charge in [0.05, 0.1) is 5.69 Å². The molecule has 14 heavy (non-hydrogen) atoms. The topological polar surface area (TPSA) is 16.1 Å². The first kappa shape index (κ1) is 9.94. The van der Waals surface area contributed by atoms with Crippen molar-refractivity contribution in [3.63, 3.8) is 0 Å². The monoisotopic (exact) mass is 210 g/mol. The summed E-state index contributed by atoms with van der Waals surface area (Å²) in [4.78, 5) is 6.75. The van der Waals surface area contributed by atoms with E-state index >= 15 is 0 Å². The largest absolute Gasteiger partial charge is 0.293 e. The maximum Gasteiger partial charge on any atom is 0.0544 e. The predicted molar refractivity (Wildman–Crippen MR) is 58.4 cm³/mol. The summed E-state index contributed by atoms with van der Waals surface area (Å²) in [6, 6.07) is 6.61. The summed E-state index contributed by atoms with van der Waals surface area (Å²) < 4.78 is 0. The number of aromatic nitrogens is 1. The van der Waals surface area contributed by atoms with E-state index in [9.17, 15) is 0 Å². The lowest BCUT2D eigenvalue weighted by molar-refractivity contribution is 0.260. The van der Waals surface area contributed by atoms with E-state index in [2.05, 4.69) is 16.0 Å². The van der Waals surface area contributed by atoms with E-state index in [1.54, 1.807) is 0 Å². The van der Waals surface area contributed by atoms with Crippen molar-refractivity contribution >= 4 is 11.6 Å². The maximum atomic E-state index is 5.91. The number of halogens is 1. The normalized spacial score (nSPS) is 22.8. The molecule has 1 unspecified atom stereocenters. The molecule has 1 atom stereocenters. The van der Waals surface area contributed by atoms with Crippen molar-refractivity contribution in [1.82, 2.24) is 9.88 Å². The van der Waals surface area contributed by atoms with E-state index in [4.69, 9.17) is 11.6 Å². The molecule has 2 heterocycles. The molecule has 1 aliphatic rings. The Bertz CT molecular complexity index is 276. The minimum Gasteiger partial charge on any atom is -0.293 e. The Morgan fingerprint density at radius 1 is 1.50 bits per heavy atom. The third-order valence-electron chi connectivity index (χ3n) is 2.77. The van der Waals surface area contributed by atoms with Gasteiger partial charge < -0.3 is 0 Å².